The highest BCUT2D eigenvalue weighted by Crippen LogP contribution is 2.22. The zero-order valence-electron chi connectivity index (χ0n) is 18.5. The minimum Gasteiger partial charge on any atom is -0.347 e. The van der Waals surface area contributed by atoms with E-state index in [9.17, 15) is 14.4 Å². The normalized spacial score (nSPS) is 15.9. The Morgan fingerprint density at radius 1 is 1.00 bits per heavy atom. The van der Waals surface area contributed by atoms with Gasteiger partial charge in [0.2, 0.25) is 5.91 Å². The van der Waals surface area contributed by atoms with Crippen LogP contribution in [0, 0.1) is 6.92 Å². The summed E-state index contributed by atoms with van der Waals surface area (Å²) in [6, 6.07) is 18.6. The summed E-state index contributed by atoms with van der Waals surface area (Å²) in [6.45, 7) is 6.32. The minimum atomic E-state index is -0.449. The molecule has 1 fully saturated rings. The summed E-state index contributed by atoms with van der Waals surface area (Å²) in [6.07, 6.45) is 1.90. The number of para-hydroxylation sites is 1. The van der Waals surface area contributed by atoms with Gasteiger partial charge in [-0.3, -0.25) is 19.0 Å². The predicted octanol–water partition coefficient (Wildman–Crippen LogP) is 3.80. The summed E-state index contributed by atoms with van der Waals surface area (Å²) < 4.78 is 1.50. The van der Waals surface area contributed by atoms with Gasteiger partial charge in [0, 0.05) is 30.5 Å². The van der Waals surface area contributed by atoms with Gasteiger partial charge in [0.15, 0.2) is 0 Å². The molecule has 0 spiro atoms. The lowest BCUT2D eigenvalue weighted by Crippen LogP contribution is -2.40. The van der Waals surface area contributed by atoms with Gasteiger partial charge in [-0.2, -0.15) is 0 Å². The van der Waals surface area contributed by atoms with Crippen LogP contribution in [0.4, 0.5) is 5.69 Å². The molecule has 2 aromatic carbocycles. The average Bonchev–Trinajstić information content (AvgIpc) is 3.14. The SMILES string of the molecule is Cc1ccn(-c2cccc(C(C)C)c2)c(=O)c1C(=O)NC1CC(=O)N(c2ccccc2)C1. The van der Waals surface area contributed by atoms with Crippen molar-refractivity contribution in [2.75, 3.05) is 11.4 Å². The first-order valence-electron chi connectivity index (χ1n) is 10.8. The van der Waals surface area contributed by atoms with Crippen molar-refractivity contribution in [3.63, 3.8) is 0 Å². The van der Waals surface area contributed by atoms with Crippen molar-refractivity contribution in [1.29, 1.82) is 0 Å². The molecule has 1 aliphatic rings. The van der Waals surface area contributed by atoms with E-state index in [4.69, 9.17) is 0 Å². The molecule has 4 rings (SSSR count). The highest BCUT2D eigenvalue weighted by Gasteiger charge is 2.32. The molecule has 2 amide bonds. The summed E-state index contributed by atoms with van der Waals surface area (Å²) >= 11 is 0. The number of aromatic nitrogens is 1. The van der Waals surface area contributed by atoms with Crippen LogP contribution in [-0.4, -0.2) is 29.0 Å². The van der Waals surface area contributed by atoms with Gasteiger partial charge < -0.3 is 10.2 Å². The summed E-state index contributed by atoms with van der Waals surface area (Å²) in [5, 5.41) is 2.90. The third kappa shape index (κ3) is 4.21. The Balaban J connectivity index is 1.58. The maximum Gasteiger partial charge on any atom is 0.268 e. The number of aryl methyl sites for hydroxylation is 1. The van der Waals surface area contributed by atoms with E-state index in [2.05, 4.69) is 19.2 Å². The van der Waals surface area contributed by atoms with Crippen molar-refractivity contribution in [2.45, 2.75) is 39.2 Å². The second-order valence-electron chi connectivity index (χ2n) is 8.51. The van der Waals surface area contributed by atoms with Gasteiger partial charge >= 0.3 is 0 Å². The number of nitrogens with one attached hydrogen (secondary N) is 1. The molecule has 32 heavy (non-hydrogen) atoms. The number of nitrogens with zero attached hydrogens (tertiary/aromatic N) is 2. The van der Waals surface area contributed by atoms with Crippen LogP contribution in [-0.2, 0) is 4.79 Å². The topological polar surface area (TPSA) is 71.4 Å². The summed E-state index contributed by atoms with van der Waals surface area (Å²) in [5.74, 6) is -0.171. The fourth-order valence-corrected chi connectivity index (χ4v) is 4.06. The first kappa shape index (κ1) is 21.6. The zero-order valence-corrected chi connectivity index (χ0v) is 18.5. The van der Waals surface area contributed by atoms with Crippen molar-refractivity contribution in [1.82, 2.24) is 9.88 Å². The number of anilines is 1. The summed E-state index contributed by atoms with van der Waals surface area (Å²) in [5.41, 5.74) is 2.99. The Hall–Kier alpha value is -3.67. The van der Waals surface area contributed by atoms with E-state index in [1.807, 2.05) is 54.6 Å². The fourth-order valence-electron chi connectivity index (χ4n) is 4.06. The molecule has 6 heteroatoms. The largest absolute Gasteiger partial charge is 0.347 e. The van der Waals surface area contributed by atoms with E-state index in [-0.39, 0.29) is 29.5 Å². The van der Waals surface area contributed by atoms with Gasteiger partial charge in [-0.25, -0.2) is 0 Å². The quantitative estimate of drug-likeness (QED) is 0.671. The second kappa shape index (κ2) is 8.83. The number of amides is 2. The highest BCUT2D eigenvalue weighted by atomic mass is 16.2. The van der Waals surface area contributed by atoms with Gasteiger partial charge in [0.1, 0.15) is 5.56 Å². The first-order valence-corrected chi connectivity index (χ1v) is 10.8. The molecule has 1 saturated heterocycles. The van der Waals surface area contributed by atoms with Crippen LogP contribution in [0.5, 0.6) is 0 Å². The number of hydrogen-bond acceptors (Lipinski definition) is 3. The van der Waals surface area contributed by atoms with Crippen molar-refractivity contribution in [3.05, 3.63) is 93.9 Å². The standard InChI is InChI=1S/C26H27N3O3/c1-17(2)19-8-7-11-22(14-19)28-13-12-18(3)24(26(28)32)25(31)27-20-15-23(30)29(16-20)21-9-5-4-6-10-21/h4-14,17,20H,15-16H2,1-3H3,(H,27,31). The van der Waals surface area contributed by atoms with E-state index >= 15 is 0 Å². The number of rotatable bonds is 5. The van der Waals surface area contributed by atoms with Crippen molar-refractivity contribution >= 4 is 17.5 Å². The molecule has 1 N–H and O–H groups in total. The van der Waals surface area contributed by atoms with Crippen LogP contribution in [0.1, 0.15) is 47.7 Å². The van der Waals surface area contributed by atoms with Gasteiger partial charge in [0.05, 0.1) is 6.04 Å². The molecule has 6 nitrogen and oxygen atoms in total. The summed E-state index contributed by atoms with van der Waals surface area (Å²) in [4.78, 5) is 40.5. The van der Waals surface area contributed by atoms with Crippen LogP contribution in [0.2, 0.25) is 0 Å². The maximum atomic E-state index is 13.3. The molecule has 0 aliphatic carbocycles. The Morgan fingerprint density at radius 2 is 1.72 bits per heavy atom. The third-order valence-corrected chi connectivity index (χ3v) is 5.87. The number of pyridine rings is 1. The molecule has 2 heterocycles. The fraction of sp³-hybridized carbons (Fsp3) is 0.269. The Labute approximate surface area is 187 Å². The summed E-state index contributed by atoms with van der Waals surface area (Å²) in [7, 11) is 0. The van der Waals surface area contributed by atoms with Crippen LogP contribution in [0.25, 0.3) is 5.69 Å². The van der Waals surface area contributed by atoms with Crippen LogP contribution in [0.15, 0.2) is 71.7 Å². The van der Waals surface area contributed by atoms with Gasteiger partial charge in [-0.1, -0.05) is 44.2 Å². The highest BCUT2D eigenvalue weighted by molar-refractivity contribution is 5.99. The molecule has 0 bridgehead atoms. The second-order valence-corrected chi connectivity index (χ2v) is 8.51. The molecule has 1 unspecified atom stereocenters. The Morgan fingerprint density at radius 3 is 2.44 bits per heavy atom. The monoisotopic (exact) mass is 429 g/mol. The lowest BCUT2D eigenvalue weighted by molar-refractivity contribution is -0.117. The first-order chi connectivity index (χ1) is 15.3. The number of carbonyl (C=O) groups excluding carboxylic acids is 2. The van der Waals surface area contributed by atoms with E-state index < -0.39 is 5.91 Å². The molecule has 3 aromatic rings. The van der Waals surface area contributed by atoms with Gasteiger partial charge in [-0.15, -0.1) is 0 Å². The smallest absolute Gasteiger partial charge is 0.268 e. The number of benzene rings is 2. The van der Waals surface area contributed by atoms with Gasteiger partial charge in [0.25, 0.3) is 11.5 Å². The molecule has 0 radical (unpaired) electrons. The average molecular weight is 430 g/mol. The lowest BCUT2D eigenvalue weighted by Gasteiger charge is -2.18. The van der Waals surface area contributed by atoms with Crippen LogP contribution in [0.3, 0.4) is 0 Å². The predicted molar refractivity (Wildman–Crippen MR) is 126 cm³/mol. The maximum absolute atomic E-state index is 13.3. The zero-order chi connectivity index (χ0) is 22.8. The van der Waals surface area contributed by atoms with E-state index in [1.165, 1.54) is 4.57 Å². The molecular formula is C26H27N3O3. The number of carbonyl (C=O) groups is 2. The van der Waals surface area contributed by atoms with Gasteiger partial charge in [-0.05, 0) is 54.3 Å². The van der Waals surface area contributed by atoms with E-state index in [1.54, 1.807) is 24.1 Å². The molecule has 1 atom stereocenters. The van der Waals surface area contributed by atoms with Crippen molar-refractivity contribution < 1.29 is 9.59 Å². The van der Waals surface area contributed by atoms with E-state index in [0.717, 1.165) is 16.9 Å². The molecule has 1 aromatic heterocycles. The van der Waals surface area contributed by atoms with Crippen molar-refractivity contribution in [2.24, 2.45) is 0 Å². The third-order valence-electron chi connectivity index (χ3n) is 5.87. The molecule has 0 saturated carbocycles. The van der Waals surface area contributed by atoms with Crippen LogP contribution < -0.4 is 15.8 Å². The van der Waals surface area contributed by atoms with E-state index in [0.29, 0.717) is 18.0 Å². The molecule has 1 aliphatic heterocycles. The lowest BCUT2D eigenvalue weighted by atomic mass is 10.0. The van der Waals surface area contributed by atoms with Crippen LogP contribution >= 0.6 is 0 Å². The number of hydrogen-bond donors (Lipinski definition) is 1. The Bertz CT molecular complexity index is 1210. The molecule has 164 valence electrons. The Kier molecular flexibility index (Phi) is 5.95. The van der Waals surface area contributed by atoms with Crippen molar-refractivity contribution in [3.8, 4) is 5.69 Å². The molecular weight excluding hydrogens is 402 g/mol. The minimum absolute atomic E-state index is 0.0470.